The molecule has 2 aromatic rings. The summed E-state index contributed by atoms with van der Waals surface area (Å²) in [6, 6.07) is 4.63. The van der Waals surface area contributed by atoms with Gasteiger partial charge in [0.15, 0.2) is 0 Å². The molecule has 6 heteroatoms. The summed E-state index contributed by atoms with van der Waals surface area (Å²) >= 11 is 6.10. The fraction of sp³-hybridized carbons (Fsp3) is 0.438. The Balaban J connectivity index is 1.52. The number of aromatic nitrogens is 2. The van der Waals surface area contributed by atoms with E-state index in [9.17, 15) is 4.39 Å². The van der Waals surface area contributed by atoms with Crippen LogP contribution < -0.4 is 0 Å². The Bertz CT molecular complexity index is 635. The van der Waals surface area contributed by atoms with Crippen molar-refractivity contribution in [1.29, 1.82) is 0 Å². The van der Waals surface area contributed by atoms with Crippen molar-refractivity contribution in [2.24, 2.45) is 7.05 Å². The molecule has 0 aliphatic carbocycles. The lowest BCUT2D eigenvalue weighted by atomic mass is 10.2. The summed E-state index contributed by atoms with van der Waals surface area (Å²) in [5.74, 6) is 0.809. The molecule has 1 aromatic heterocycles. The third kappa shape index (κ3) is 3.66. The smallest absolute Gasteiger partial charge is 0.124 e. The molecule has 0 unspecified atom stereocenters. The van der Waals surface area contributed by atoms with Gasteiger partial charge in [0.2, 0.25) is 0 Å². The van der Waals surface area contributed by atoms with Crippen molar-refractivity contribution in [3.8, 4) is 0 Å². The molecular weight excluding hydrogens is 303 g/mol. The van der Waals surface area contributed by atoms with Crippen molar-refractivity contribution in [1.82, 2.24) is 19.4 Å². The van der Waals surface area contributed by atoms with Crippen LogP contribution in [0.5, 0.6) is 0 Å². The molecule has 3 rings (SSSR count). The van der Waals surface area contributed by atoms with Crippen molar-refractivity contribution in [3.63, 3.8) is 0 Å². The van der Waals surface area contributed by atoms with E-state index in [-0.39, 0.29) is 5.82 Å². The molecule has 0 N–H and O–H groups in total. The number of rotatable bonds is 4. The number of benzene rings is 1. The largest absolute Gasteiger partial charge is 0.337 e. The van der Waals surface area contributed by atoms with Crippen LogP contribution >= 0.6 is 11.6 Å². The van der Waals surface area contributed by atoms with Gasteiger partial charge < -0.3 is 4.57 Å². The molecule has 1 aromatic carbocycles. The first-order valence-corrected chi connectivity index (χ1v) is 7.84. The fourth-order valence-electron chi connectivity index (χ4n) is 2.75. The highest BCUT2D eigenvalue weighted by Gasteiger charge is 2.19. The minimum absolute atomic E-state index is 0.284. The van der Waals surface area contributed by atoms with Gasteiger partial charge in [0.1, 0.15) is 11.6 Å². The molecule has 118 valence electrons. The predicted molar refractivity (Wildman–Crippen MR) is 85.2 cm³/mol. The van der Waals surface area contributed by atoms with Crippen LogP contribution in [0.15, 0.2) is 30.6 Å². The van der Waals surface area contributed by atoms with Gasteiger partial charge >= 0.3 is 0 Å². The lowest BCUT2D eigenvalue weighted by Crippen LogP contribution is -2.45. The highest BCUT2D eigenvalue weighted by molar-refractivity contribution is 6.31. The predicted octanol–water partition coefficient (Wildman–Crippen LogP) is 2.53. The minimum atomic E-state index is -0.284. The van der Waals surface area contributed by atoms with Crippen molar-refractivity contribution in [3.05, 3.63) is 52.8 Å². The Kier molecular flexibility index (Phi) is 4.76. The molecule has 1 aliphatic rings. The van der Waals surface area contributed by atoms with E-state index in [2.05, 4.69) is 19.4 Å². The first-order chi connectivity index (χ1) is 10.6. The van der Waals surface area contributed by atoms with E-state index < -0.39 is 0 Å². The van der Waals surface area contributed by atoms with Gasteiger partial charge in [0.25, 0.3) is 0 Å². The van der Waals surface area contributed by atoms with E-state index in [1.807, 2.05) is 19.4 Å². The fourth-order valence-corrected chi connectivity index (χ4v) is 2.97. The van der Waals surface area contributed by atoms with Crippen molar-refractivity contribution in [2.75, 3.05) is 26.2 Å². The van der Waals surface area contributed by atoms with Crippen LogP contribution in [0.1, 0.15) is 11.4 Å². The van der Waals surface area contributed by atoms with E-state index in [4.69, 9.17) is 11.6 Å². The zero-order valence-electron chi connectivity index (χ0n) is 12.7. The Hall–Kier alpha value is -1.43. The first kappa shape index (κ1) is 15.5. The highest BCUT2D eigenvalue weighted by atomic mass is 35.5. The Morgan fingerprint density at radius 3 is 2.41 bits per heavy atom. The maximum absolute atomic E-state index is 13.1. The van der Waals surface area contributed by atoms with Crippen LogP contribution in [-0.4, -0.2) is 45.5 Å². The van der Waals surface area contributed by atoms with Gasteiger partial charge in [-0.15, -0.1) is 0 Å². The molecule has 22 heavy (non-hydrogen) atoms. The van der Waals surface area contributed by atoms with Crippen LogP contribution in [0.3, 0.4) is 0 Å². The van der Waals surface area contributed by atoms with Crippen LogP contribution in [0, 0.1) is 5.82 Å². The third-order valence-corrected chi connectivity index (χ3v) is 4.51. The topological polar surface area (TPSA) is 24.3 Å². The van der Waals surface area contributed by atoms with Crippen molar-refractivity contribution in [2.45, 2.75) is 13.1 Å². The first-order valence-electron chi connectivity index (χ1n) is 7.46. The van der Waals surface area contributed by atoms with Crippen LogP contribution in [0.25, 0.3) is 0 Å². The monoisotopic (exact) mass is 322 g/mol. The molecular formula is C16H20ClFN4. The number of nitrogens with zero attached hydrogens (tertiary/aromatic N) is 4. The van der Waals surface area contributed by atoms with Gasteiger partial charge in [-0.25, -0.2) is 9.37 Å². The number of hydrogen-bond donors (Lipinski definition) is 0. The lowest BCUT2D eigenvalue weighted by molar-refractivity contribution is 0.119. The average Bonchev–Trinajstić information content (AvgIpc) is 2.89. The van der Waals surface area contributed by atoms with Gasteiger partial charge in [0, 0.05) is 57.2 Å². The summed E-state index contributed by atoms with van der Waals surface area (Å²) in [6.07, 6.45) is 3.81. The van der Waals surface area contributed by atoms with Crippen LogP contribution in [-0.2, 0) is 20.1 Å². The standard InChI is InChI=1S/C16H20ClFN4/c1-20-5-4-19-16(20)12-22-8-6-21(7-9-22)11-13-2-3-14(18)10-15(13)17/h2-5,10H,6-9,11-12H2,1H3. The molecule has 0 atom stereocenters. The second kappa shape index (κ2) is 6.77. The van der Waals surface area contributed by atoms with E-state index in [0.29, 0.717) is 5.02 Å². The molecule has 1 saturated heterocycles. The summed E-state index contributed by atoms with van der Waals surface area (Å²) in [5.41, 5.74) is 0.987. The van der Waals surface area contributed by atoms with Crippen LogP contribution in [0.2, 0.25) is 5.02 Å². The molecule has 0 bridgehead atoms. The molecule has 0 spiro atoms. The zero-order valence-corrected chi connectivity index (χ0v) is 13.4. The summed E-state index contributed by atoms with van der Waals surface area (Å²) in [7, 11) is 2.02. The van der Waals surface area contributed by atoms with Crippen molar-refractivity contribution < 1.29 is 4.39 Å². The number of halogens is 2. The molecule has 0 saturated carbocycles. The molecule has 4 nitrogen and oxygen atoms in total. The molecule has 2 heterocycles. The maximum Gasteiger partial charge on any atom is 0.124 e. The van der Waals surface area contributed by atoms with Crippen molar-refractivity contribution >= 4 is 11.6 Å². The lowest BCUT2D eigenvalue weighted by Gasteiger charge is -2.34. The average molecular weight is 323 g/mol. The van der Waals surface area contributed by atoms with E-state index in [1.165, 1.54) is 12.1 Å². The van der Waals surface area contributed by atoms with Gasteiger partial charge in [-0.1, -0.05) is 17.7 Å². The Labute approximate surface area is 135 Å². The third-order valence-electron chi connectivity index (χ3n) is 4.16. The quantitative estimate of drug-likeness (QED) is 0.864. The molecule has 1 fully saturated rings. The number of hydrogen-bond acceptors (Lipinski definition) is 3. The second-order valence-corrected chi connectivity index (χ2v) is 6.15. The van der Waals surface area contributed by atoms with E-state index in [0.717, 1.165) is 50.7 Å². The zero-order chi connectivity index (χ0) is 15.5. The summed E-state index contributed by atoms with van der Waals surface area (Å²) in [5, 5.41) is 0.510. The van der Waals surface area contributed by atoms with E-state index in [1.54, 1.807) is 6.07 Å². The van der Waals surface area contributed by atoms with Gasteiger partial charge in [-0.2, -0.15) is 0 Å². The molecule has 0 amide bonds. The summed E-state index contributed by atoms with van der Waals surface area (Å²) in [6.45, 7) is 5.64. The van der Waals surface area contributed by atoms with Crippen LogP contribution in [0.4, 0.5) is 4.39 Å². The number of imidazole rings is 1. The van der Waals surface area contributed by atoms with Gasteiger partial charge in [-0.3, -0.25) is 9.80 Å². The SMILES string of the molecule is Cn1ccnc1CN1CCN(Cc2ccc(F)cc2Cl)CC1. The summed E-state index contributed by atoms with van der Waals surface area (Å²) in [4.78, 5) is 9.13. The Morgan fingerprint density at radius 1 is 1.14 bits per heavy atom. The van der Waals surface area contributed by atoms with Gasteiger partial charge in [-0.05, 0) is 17.7 Å². The minimum Gasteiger partial charge on any atom is -0.337 e. The number of piperazine rings is 1. The van der Waals surface area contributed by atoms with Gasteiger partial charge in [0.05, 0.1) is 6.54 Å². The second-order valence-electron chi connectivity index (χ2n) is 5.74. The van der Waals surface area contributed by atoms with E-state index >= 15 is 0 Å². The highest BCUT2D eigenvalue weighted by Crippen LogP contribution is 2.20. The number of aryl methyl sites for hydroxylation is 1. The Morgan fingerprint density at radius 2 is 1.82 bits per heavy atom. The maximum atomic E-state index is 13.1. The molecule has 1 aliphatic heterocycles. The summed E-state index contributed by atoms with van der Waals surface area (Å²) < 4.78 is 15.1. The molecule has 0 radical (unpaired) electrons. The normalized spacial score (nSPS) is 17.0.